The summed E-state index contributed by atoms with van der Waals surface area (Å²) in [6, 6.07) is 6.49. The van der Waals surface area contributed by atoms with E-state index < -0.39 is 5.69 Å². The maximum Gasteiger partial charge on any atom is 0.332 e. The minimum atomic E-state index is -0.397. The fourth-order valence-electron chi connectivity index (χ4n) is 4.96. The predicted octanol–water partition coefficient (Wildman–Crippen LogP) is 2.15. The van der Waals surface area contributed by atoms with Gasteiger partial charge in [-0.2, -0.15) is 0 Å². The van der Waals surface area contributed by atoms with Gasteiger partial charge in [-0.05, 0) is 62.4 Å². The number of anilines is 1. The van der Waals surface area contributed by atoms with Crippen molar-refractivity contribution in [2.45, 2.75) is 40.5 Å². The fraction of sp³-hybridized carbons (Fsp3) is 0.462. The van der Waals surface area contributed by atoms with Crippen LogP contribution in [0.3, 0.4) is 0 Å². The van der Waals surface area contributed by atoms with E-state index in [-0.39, 0.29) is 11.5 Å². The summed E-state index contributed by atoms with van der Waals surface area (Å²) in [6.07, 6.45) is 0.882. The van der Waals surface area contributed by atoms with E-state index in [0.29, 0.717) is 37.0 Å². The highest BCUT2D eigenvalue weighted by molar-refractivity contribution is 5.81. The van der Waals surface area contributed by atoms with Gasteiger partial charge in [-0.25, -0.2) is 9.78 Å². The smallest absolute Gasteiger partial charge is 0.332 e. The summed E-state index contributed by atoms with van der Waals surface area (Å²) >= 11 is 0. The molecule has 1 amide bonds. The van der Waals surface area contributed by atoms with Crippen molar-refractivity contribution in [2.75, 3.05) is 31.1 Å². The normalized spacial score (nSPS) is 14.2. The molecule has 8 heteroatoms. The number of benzene rings is 1. The molecule has 0 radical (unpaired) electrons. The lowest BCUT2D eigenvalue weighted by Crippen LogP contribution is -2.49. The molecule has 0 N–H and O–H groups in total. The van der Waals surface area contributed by atoms with Gasteiger partial charge >= 0.3 is 5.69 Å². The van der Waals surface area contributed by atoms with E-state index in [9.17, 15) is 14.4 Å². The van der Waals surface area contributed by atoms with Crippen molar-refractivity contribution in [3.05, 3.63) is 67.0 Å². The number of aromatic nitrogens is 3. The molecule has 3 aromatic rings. The van der Waals surface area contributed by atoms with Crippen LogP contribution < -0.4 is 16.1 Å². The van der Waals surface area contributed by atoms with Crippen LogP contribution in [0.15, 0.2) is 27.8 Å². The number of hydrogen-bond acceptors (Lipinski definition) is 5. The lowest BCUT2D eigenvalue weighted by molar-refractivity contribution is -0.131. The second kappa shape index (κ2) is 9.08. The Hall–Kier alpha value is -3.42. The summed E-state index contributed by atoms with van der Waals surface area (Å²) in [4.78, 5) is 46.9. The Morgan fingerprint density at radius 2 is 1.65 bits per heavy atom. The van der Waals surface area contributed by atoms with Crippen molar-refractivity contribution in [1.29, 1.82) is 0 Å². The summed E-state index contributed by atoms with van der Waals surface area (Å²) in [6.45, 7) is 11.0. The third-order valence-electron chi connectivity index (χ3n) is 7.10. The van der Waals surface area contributed by atoms with Gasteiger partial charge in [0.1, 0.15) is 5.65 Å². The molecule has 1 aliphatic rings. The van der Waals surface area contributed by atoms with Gasteiger partial charge in [0.15, 0.2) is 0 Å². The van der Waals surface area contributed by atoms with Crippen LogP contribution in [0.5, 0.6) is 0 Å². The SMILES string of the molecule is Cc1ccc(C)c(N2CCN(C(=O)CCc3c(C)nc4c(c3C)c(=O)n(C)c(=O)n4C)CC2)c1. The van der Waals surface area contributed by atoms with Crippen LogP contribution >= 0.6 is 0 Å². The van der Waals surface area contributed by atoms with Crippen LogP contribution in [0.2, 0.25) is 0 Å². The number of nitrogens with zero attached hydrogens (tertiary/aromatic N) is 5. The number of carbonyl (C=O) groups excluding carboxylic acids is 1. The van der Waals surface area contributed by atoms with E-state index in [1.165, 1.54) is 28.4 Å². The highest BCUT2D eigenvalue weighted by Gasteiger charge is 2.23. The second-order valence-electron chi connectivity index (χ2n) is 9.36. The number of piperazine rings is 1. The molecule has 8 nitrogen and oxygen atoms in total. The second-order valence-corrected chi connectivity index (χ2v) is 9.36. The van der Waals surface area contributed by atoms with Crippen molar-refractivity contribution >= 4 is 22.6 Å². The van der Waals surface area contributed by atoms with E-state index in [2.05, 4.69) is 41.9 Å². The molecular weight excluding hydrogens is 430 g/mol. The summed E-state index contributed by atoms with van der Waals surface area (Å²) < 4.78 is 2.51. The molecule has 180 valence electrons. The zero-order chi connectivity index (χ0) is 24.7. The minimum absolute atomic E-state index is 0.118. The Morgan fingerprint density at radius 3 is 2.32 bits per heavy atom. The van der Waals surface area contributed by atoms with Crippen molar-refractivity contribution in [3.8, 4) is 0 Å². The average Bonchev–Trinajstić information content (AvgIpc) is 2.82. The molecule has 1 aliphatic heterocycles. The summed E-state index contributed by atoms with van der Waals surface area (Å²) in [7, 11) is 3.10. The fourth-order valence-corrected chi connectivity index (χ4v) is 4.96. The van der Waals surface area contributed by atoms with E-state index in [4.69, 9.17) is 0 Å². The molecule has 1 fully saturated rings. The number of amides is 1. The average molecular weight is 464 g/mol. The van der Waals surface area contributed by atoms with Crippen LogP contribution in [0, 0.1) is 27.7 Å². The largest absolute Gasteiger partial charge is 0.368 e. The molecule has 1 saturated heterocycles. The molecule has 0 spiro atoms. The van der Waals surface area contributed by atoms with Crippen LogP contribution in [-0.4, -0.2) is 51.1 Å². The van der Waals surface area contributed by atoms with Gasteiger partial charge in [0.05, 0.1) is 5.39 Å². The van der Waals surface area contributed by atoms with Crippen LogP contribution in [-0.2, 0) is 25.3 Å². The van der Waals surface area contributed by atoms with Gasteiger partial charge in [0.25, 0.3) is 5.56 Å². The van der Waals surface area contributed by atoms with E-state index in [0.717, 1.165) is 34.5 Å². The number of pyridine rings is 1. The lowest BCUT2D eigenvalue weighted by atomic mass is 9.99. The maximum absolute atomic E-state index is 13.0. The first-order valence-electron chi connectivity index (χ1n) is 11.8. The van der Waals surface area contributed by atoms with Crippen molar-refractivity contribution < 1.29 is 4.79 Å². The molecule has 0 bridgehead atoms. The van der Waals surface area contributed by atoms with Gasteiger partial charge in [-0.3, -0.25) is 18.7 Å². The third-order valence-corrected chi connectivity index (χ3v) is 7.10. The lowest BCUT2D eigenvalue weighted by Gasteiger charge is -2.37. The molecule has 3 heterocycles. The van der Waals surface area contributed by atoms with Gasteiger partial charge < -0.3 is 9.80 Å². The van der Waals surface area contributed by atoms with E-state index >= 15 is 0 Å². The minimum Gasteiger partial charge on any atom is -0.368 e. The highest BCUT2D eigenvalue weighted by atomic mass is 16.2. The standard InChI is InChI=1S/C26H33N5O3/c1-16-7-8-17(2)21(15-16)30-11-13-31(14-12-30)22(32)10-9-20-18(3)23-24(27-19(20)4)28(5)26(34)29(6)25(23)33/h7-8,15H,9-14H2,1-6H3. The van der Waals surface area contributed by atoms with Crippen molar-refractivity contribution in [3.63, 3.8) is 0 Å². The third kappa shape index (κ3) is 4.13. The first kappa shape index (κ1) is 23.7. The Kier molecular flexibility index (Phi) is 6.34. The van der Waals surface area contributed by atoms with Gasteiger partial charge in [-0.1, -0.05) is 12.1 Å². The van der Waals surface area contributed by atoms with Crippen LogP contribution in [0.4, 0.5) is 5.69 Å². The molecule has 1 aromatic carbocycles. The van der Waals surface area contributed by atoms with Gasteiger partial charge in [0, 0.05) is 58.1 Å². The van der Waals surface area contributed by atoms with Crippen LogP contribution in [0.1, 0.15) is 34.4 Å². The number of rotatable bonds is 4. The molecule has 0 atom stereocenters. The summed E-state index contributed by atoms with van der Waals surface area (Å²) in [5, 5.41) is 0.444. The van der Waals surface area contributed by atoms with Crippen molar-refractivity contribution in [2.24, 2.45) is 14.1 Å². The predicted molar refractivity (Wildman–Crippen MR) is 135 cm³/mol. The topological polar surface area (TPSA) is 80.4 Å². The Labute approximate surface area is 199 Å². The highest BCUT2D eigenvalue weighted by Crippen LogP contribution is 2.24. The van der Waals surface area contributed by atoms with E-state index in [1.807, 2.05) is 18.7 Å². The van der Waals surface area contributed by atoms with Crippen LogP contribution in [0.25, 0.3) is 11.0 Å². The zero-order valence-corrected chi connectivity index (χ0v) is 20.9. The Morgan fingerprint density at radius 1 is 0.971 bits per heavy atom. The zero-order valence-electron chi connectivity index (χ0n) is 20.9. The molecule has 0 aliphatic carbocycles. The van der Waals surface area contributed by atoms with Gasteiger partial charge in [-0.15, -0.1) is 0 Å². The van der Waals surface area contributed by atoms with Gasteiger partial charge in [0.2, 0.25) is 5.91 Å². The number of fused-ring (bicyclic) bond motifs is 1. The molecule has 0 saturated carbocycles. The molecule has 34 heavy (non-hydrogen) atoms. The number of hydrogen-bond donors (Lipinski definition) is 0. The first-order chi connectivity index (χ1) is 16.1. The maximum atomic E-state index is 13.0. The Balaban J connectivity index is 1.48. The summed E-state index contributed by atoms with van der Waals surface area (Å²) in [5.74, 6) is 0.118. The molecular formula is C26H33N5O3. The monoisotopic (exact) mass is 463 g/mol. The first-order valence-corrected chi connectivity index (χ1v) is 11.8. The summed E-state index contributed by atoms with van der Waals surface area (Å²) in [5.41, 5.74) is 5.84. The molecule has 2 aromatic heterocycles. The quantitative estimate of drug-likeness (QED) is 0.592. The number of carbonyl (C=O) groups is 1. The Bertz CT molecular complexity index is 1390. The molecule has 0 unspecified atom stereocenters. The number of aryl methyl sites for hydroxylation is 5. The van der Waals surface area contributed by atoms with E-state index in [1.54, 1.807) is 7.05 Å². The molecule has 4 rings (SSSR count). The van der Waals surface area contributed by atoms with Crippen molar-refractivity contribution in [1.82, 2.24) is 19.0 Å².